The molecule has 1 aliphatic heterocycles. The van der Waals surface area contributed by atoms with Gasteiger partial charge in [-0.15, -0.1) is 11.3 Å². The number of anilines is 1. The fourth-order valence-electron chi connectivity index (χ4n) is 4.52. The van der Waals surface area contributed by atoms with Crippen molar-refractivity contribution in [2.45, 2.75) is 52.4 Å². The summed E-state index contributed by atoms with van der Waals surface area (Å²) in [5, 5.41) is 4.56. The number of nitrogens with one attached hydrogen (secondary N) is 1. The van der Waals surface area contributed by atoms with Crippen LogP contribution in [0, 0.1) is 12.3 Å². The summed E-state index contributed by atoms with van der Waals surface area (Å²) in [5.74, 6) is 1.22. The highest BCUT2D eigenvalue weighted by atomic mass is 32.1. The van der Waals surface area contributed by atoms with Crippen LogP contribution in [0.15, 0.2) is 41.6 Å². The van der Waals surface area contributed by atoms with Crippen LogP contribution in [-0.4, -0.2) is 10.8 Å². The van der Waals surface area contributed by atoms with Crippen LogP contribution >= 0.6 is 11.3 Å². The van der Waals surface area contributed by atoms with Gasteiger partial charge in [0.05, 0.1) is 15.3 Å². The molecule has 4 rings (SSSR count). The van der Waals surface area contributed by atoms with E-state index in [2.05, 4.69) is 50.4 Å². The van der Waals surface area contributed by atoms with Crippen molar-refractivity contribution in [3.8, 4) is 0 Å². The van der Waals surface area contributed by atoms with Crippen LogP contribution < -0.4 is 5.32 Å². The first-order chi connectivity index (χ1) is 11.9. The minimum Gasteiger partial charge on any atom is -0.342 e. The highest BCUT2D eigenvalue weighted by Crippen LogP contribution is 2.55. The number of fused-ring (bicyclic) bond motifs is 1. The molecule has 0 spiro atoms. The first-order valence-electron chi connectivity index (χ1n) is 8.95. The van der Waals surface area contributed by atoms with Crippen LogP contribution in [0.2, 0.25) is 0 Å². The average Bonchev–Trinajstić information content (AvgIpc) is 2.92. The predicted molar refractivity (Wildman–Crippen MR) is 103 cm³/mol. The Labute approximate surface area is 153 Å². The number of hydrogen-bond donors (Lipinski definition) is 1. The molecule has 2 heterocycles. The van der Waals surface area contributed by atoms with E-state index in [1.54, 1.807) is 11.3 Å². The first-order valence-corrected chi connectivity index (χ1v) is 9.76. The second-order valence-corrected chi connectivity index (χ2v) is 9.16. The lowest BCUT2D eigenvalue weighted by atomic mass is 9.62. The molecule has 1 aliphatic carbocycles. The zero-order chi connectivity index (χ0) is 17.8. The van der Waals surface area contributed by atoms with E-state index in [9.17, 15) is 4.79 Å². The Morgan fingerprint density at radius 2 is 1.92 bits per heavy atom. The Bertz CT molecular complexity index is 879. The molecule has 25 heavy (non-hydrogen) atoms. The highest BCUT2D eigenvalue weighted by Gasteiger charge is 2.50. The summed E-state index contributed by atoms with van der Waals surface area (Å²) >= 11 is 1.71. The van der Waals surface area contributed by atoms with Gasteiger partial charge in [0.2, 0.25) is 0 Å². The van der Waals surface area contributed by atoms with Crippen molar-refractivity contribution >= 4 is 22.9 Å². The van der Waals surface area contributed by atoms with Gasteiger partial charge < -0.3 is 5.32 Å². The van der Waals surface area contributed by atoms with Crippen molar-refractivity contribution in [3.05, 3.63) is 57.1 Å². The van der Waals surface area contributed by atoms with E-state index in [1.807, 2.05) is 13.0 Å². The molecule has 1 aromatic carbocycles. The summed E-state index contributed by atoms with van der Waals surface area (Å²) in [6, 6.07) is 10.5. The minimum atomic E-state index is -0.378. The minimum absolute atomic E-state index is 0.0122. The van der Waals surface area contributed by atoms with Crippen LogP contribution in [0.3, 0.4) is 0 Å². The third kappa shape index (κ3) is 2.38. The molecule has 0 saturated heterocycles. The molecule has 0 saturated carbocycles. The van der Waals surface area contributed by atoms with E-state index >= 15 is 0 Å². The predicted octanol–water partition coefficient (Wildman–Crippen LogP) is 5.22. The lowest BCUT2D eigenvalue weighted by Crippen LogP contribution is -2.42. The second-order valence-electron chi connectivity index (χ2n) is 7.96. The molecule has 0 amide bonds. The summed E-state index contributed by atoms with van der Waals surface area (Å²) in [4.78, 5) is 19.2. The number of benzene rings is 1. The van der Waals surface area contributed by atoms with Crippen molar-refractivity contribution in [3.63, 3.8) is 0 Å². The van der Waals surface area contributed by atoms with Gasteiger partial charge >= 0.3 is 0 Å². The number of ketones is 1. The SMILES string of the molecule is CC[C@@]1(c2ccccc2)C2=C(CC(C)(C)CC2=O)Nc2nc(C)sc21. The third-order valence-corrected chi connectivity index (χ3v) is 6.62. The lowest BCUT2D eigenvalue weighted by molar-refractivity contribution is -0.118. The summed E-state index contributed by atoms with van der Waals surface area (Å²) in [7, 11) is 0. The second kappa shape index (κ2) is 5.53. The molecular formula is C21H24N2OS. The van der Waals surface area contributed by atoms with Crippen molar-refractivity contribution in [2.75, 3.05) is 5.32 Å². The van der Waals surface area contributed by atoms with E-state index in [1.165, 1.54) is 10.4 Å². The molecule has 0 fully saturated rings. The van der Waals surface area contributed by atoms with Crippen molar-refractivity contribution in [1.82, 2.24) is 4.98 Å². The number of rotatable bonds is 2. The van der Waals surface area contributed by atoms with E-state index in [-0.39, 0.29) is 16.6 Å². The molecule has 1 N–H and O–H groups in total. The quantitative estimate of drug-likeness (QED) is 0.806. The fourth-order valence-corrected chi connectivity index (χ4v) is 5.68. The van der Waals surface area contributed by atoms with Gasteiger partial charge in [0.1, 0.15) is 5.82 Å². The highest BCUT2D eigenvalue weighted by molar-refractivity contribution is 7.12. The number of thiazole rings is 1. The Morgan fingerprint density at radius 3 is 2.60 bits per heavy atom. The number of carbonyl (C=O) groups is 1. The standard InChI is InChI=1S/C21H24N2OS/c1-5-21(14-9-7-6-8-10-14)17-15(11-20(3,4)12-16(17)24)23-19-18(21)25-13(2)22-19/h6-10,23H,5,11-12H2,1-4H3/t21-/m1/s1. The fraction of sp³-hybridized carbons (Fsp3) is 0.429. The molecule has 2 aliphatic rings. The maximum Gasteiger partial charge on any atom is 0.162 e. The Balaban J connectivity index is 2.04. The van der Waals surface area contributed by atoms with Gasteiger partial charge in [0, 0.05) is 17.7 Å². The van der Waals surface area contributed by atoms with Gasteiger partial charge in [0.25, 0.3) is 0 Å². The number of nitrogens with zero attached hydrogens (tertiary/aromatic N) is 1. The largest absolute Gasteiger partial charge is 0.342 e. The number of allylic oxidation sites excluding steroid dienone is 2. The van der Waals surface area contributed by atoms with Crippen molar-refractivity contribution in [1.29, 1.82) is 0 Å². The maximum absolute atomic E-state index is 13.3. The molecule has 130 valence electrons. The average molecular weight is 353 g/mol. The Hall–Kier alpha value is -1.94. The van der Waals surface area contributed by atoms with Crippen LogP contribution in [-0.2, 0) is 10.2 Å². The van der Waals surface area contributed by atoms with Gasteiger partial charge in [-0.05, 0) is 30.7 Å². The van der Waals surface area contributed by atoms with Gasteiger partial charge in [-0.25, -0.2) is 4.98 Å². The lowest BCUT2D eigenvalue weighted by Gasteiger charge is -2.44. The molecular weight excluding hydrogens is 328 g/mol. The van der Waals surface area contributed by atoms with E-state index in [0.29, 0.717) is 6.42 Å². The van der Waals surface area contributed by atoms with Gasteiger partial charge in [-0.1, -0.05) is 51.1 Å². The smallest absolute Gasteiger partial charge is 0.162 e. The number of hydrogen-bond acceptors (Lipinski definition) is 4. The van der Waals surface area contributed by atoms with Crippen LogP contribution in [0.1, 0.15) is 55.5 Å². The number of aromatic nitrogens is 1. The zero-order valence-corrected chi connectivity index (χ0v) is 16.1. The van der Waals surface area contributed by atoms with Crippen LogP contribution in [0.4, 0.5) is 5.82 Å². The molecule has 0 bridgehead atoms. The number of aryl methyl sites for hydroxylation is 1. The summed E-state index contributed by atoms with van der Waals surface area (Å²) in [6.45, 7) is 8.58. The summed E-state index contributed by atoms with van der Waals surface area (Å²) in [5.41, 5.74) is 2.85. The molecule has 1 aromatic heterocycles. The summed E-state index contributed by atoms with van der Waals surface area (Å²) in [6.07, 6.45) is 2.35. The molecule has 0 radical (unpaired) electrons. The Morgan fingerprint density at radius 1 is 1.20 bits per heavy atom. The topological polar surface area (TPSA) is 42.0 Å². The zero-order valence-electron chi connectivity index (χ0n) is 15.3. The maximum atomic E-state index is 13.3. The molecule has 2 aromatic rings. The van der Waals surface area contributed by atoms with Gasteiger partial charge in [-0.3, -0.25) is 4.79 Å². The molecule has 3 nitrogen and oxygen atoms in total. The summed E-state index contributed by atoms with van der Waals surface area (Å²) < 4.78 is 0. The van der Waals surface area contributed by atoms with Gasteiger partial charge in [-0.2, -0.15) is 0 Å². The van der Waals surface area contributed by atoms with E-state index in [4.69, 9.17) is 4.98 Å². The van der Waals surface area contributed by atoms with Crippen molar-refractivity contribution in [2.24, 2.45) is 5.41 Å². The number of carbonyl (C=O) groups excluding carboxylic acids is 1. The third-order valence-electron chi connectivity index (χ3n) is 5.49. The monoisotopic (exact) mass is 352 g/mol. The van der Waals surface area contributed by atoms with Crippen molar-refractivity contribution < 1.29 is 4.79 Å². The molecule has 4 heteroatoms. The van der Waals surface area contributed by atoms with Crippen LogP contribution in [0.5, 0.6) is 0 Å². The first kappa shape index (κ1) is 16.5. The molecule has 0 unspecified atom stereocenters. The van der Waals surface area contributed by atoms with E-state index in [0.717, 1.165) is 34.9 Å². The van der Waals surface area contributed by atoms with E-state index < -0.39 is 0 Å². The Kier molecular flexibility index (Phi) is 3.66. The number of Topliss-reactive ketones (excluding diaryl/α,β-unsaturated/α-hetero) is 1. The van der Waals surface area contributed by atoms with Gasteiger partial charge in [0.15, 0.2) is 5.78 Å². The molecule has 1 atom stereocenters. The normalized spacial score (nSPS) is 24.6. The van der Waals surface area contributed by atoms with Crippen LogP contribution in [0.25, 0.3) is 0 Å².